The number of ketones is 1. The number of hydrogen-bond acceptors (Lipinski definition) is 5. The zero-order valence-corrected chi connectivity index (χ0v) is 20.1. The molecule has 3 aromatic rings. The number of piperidine rings is 2. The number of likely N-dealkylation sites (tertiary alicyclic amines) is 1. The number of nitrogens with zero attached hydrogens (tertiary/aromatic N) is 2. The van der Waals surface area contributed by atoms with Crippen LogP contribution in [0.2, 0.25) is 5.02 Å². The number of amides is 1. The standard InChI is InChI=1S/C27H26ClN3O4/c28-17-7-8-18-20(16-31(22(18)15-17)26(34)30-13-2-1-3-14-30)24(32)19-5-4-6-21-23(19)25(33)35-27(21)9-11-29-12-10-27/h4-8,15-16,29H,1-3,9-14H2. The molecule has 1 N–H and O–H groups in total. The number of halogens is 1. The zero-order chi connectivity index (χ0) is 24.2. The lowest BCUT2D eigenvalue weighted by Gasteiger charge is -2.33. The number of carbonyl (C=O) groups is 3. The maximum atomic E-state index is 13.9. The van der Waals surface area contributed by atoms with E-state index in [2.05, 4.69) is 5.32 Å². The minimum Gasteiger partial charge on any atom is -0.450 e. The molecule has 0 saturated carbocycles. The topological polar surface area (TPSA) is 80.6 Å². The molecule has 3 aliphatic rings. The highest BCUT2D eigenvalue weighted by Crippen LogP contribution is 2.44. The number of aromatic nitrogens is 1. The van der Waals surface area contributed by atoms with E-state index in [1.165, 1.54) is 4.57 Å². The van der Waals surface area contributed by atoms with E-state index in [4.69, 9.17) is 16.3 Å². The molecule has 180 valence electrons. The van der Waals surface area contributed by atoms with E-state index < -0.39 is 11.6 Å². The molecule has 1 aromatic heterocycles. The van der Waals surface area contributed by atoms with Crippen LogP contribution in [-0.4, -0.2) is 53.4 Å². The third kappa shape index (κ3) is 3.56. The van der Waals surface area contributed by atoms with Gasteiger partial charge in [-0.3, -0.25) is 9.36 Å². The van der Waals surface area contributed by atoms with Crippen molar-refractivity contribution >= 4 is 40.3 Å². The van der Waals surface area contributed by atoms with E-state index >= 15 is 0 Å². The lowest BCUT2D eigenvalue weighted by atomic mass is 9.82. The van der Waals surface area contributed by atoms with Crippen LogP contribution < -0.4 is 5.32 Å². The molecule has 3 aliphatic heterocycles. The number of nitrogens with one attached hydrogen (secondary N) is 1. The van der Waals surface area contributed by atoms with Crippen LogP contribution >= 0.6 is 11.6 Å². The fraction of sp³-hybridized carbons (Fsp3) is 0.370. The molecular formula is C27H26ClN3O4. The maximum Gasteiger partial charge on any atom is 0.340 e. The Morgan fingerprint density at radius 2 is 1.77 bits per heavy atom. The Labute approximate surface area is 208 Å². The minimum absolute atomic E-state index is 0.164. The van der Waals surface area contributed by atoms with Crippen molar-refractivity contribution in [1.82, 2.24) is 14.8 Å². The largest absolute Gasteiger partial charge is 0.450 e. The summed E-state index contributed by atoms with van der Waals surface area (Å²) >= 11 is 6.28. The molecule has 7 nitrogen and oxygen atoms in total. The van der Waals surface area contributed by atoms with Gasteiger partial charge < -0.3 is 15.0 Å². The Bertz CT molecular complexity index is 1370. The normalized spacial score (nSPS) is 19.1. The summed E-state index contributed by atoms with van der Waals surface area (Å²) in [6.07, 6.45) is 5.98. The summed E-state index contributed by atoms with van der Waals surface area (Å²) in [6, 6.07) is 10.4. The number of esters is 1. The molecule has 8 heteroatoms. The van der Waals surface area contributed by atoms with Crippen LogP contribution in [0.1, 0.15) is 63.9 Å². The molecule has 0 bridgehead atoms. The Hall–Kier alpha value is -3.16. The SMILES string of the molecule is O=C1OC2(CCNCC2)c2cccc(C(=O)c3cn(C(=O)N4CCCCC4)c4cc(Cl)ccc34)c21. The van der Waals surface area contributed by atoms with E-state index in [9.17, 15) is 14.4 Å². The second-order valence-corrected chi connectivity index (χ2v) is 10.0. The summed E-state index contributed by atoms with van der Waals surface area (Å²) in [5, 5.41) is 4.42. The van der Waals surface area contributed by atoms with Crippen LogP contribution in [0.25, 0.3) is 10.9 Å². The molecule has 0 atom stereocenters. The van der Waals surface area contributed by atoms with Gasteiger partial charge in [-0.05, 0) is 44.5 Å². The van der Waals surface area contributed by atoms with Crippen molar-refractivity contribution in [3.8, 4) is 0 Å². The zero-order valence-electron chi connectivity index (χ0n) is 19.3. The van der Waals surface area contributed by atoms with E-state index in [1.54, 1.807) is 30.5 Å². The van der Waals surface area contributed by atoms with Crippen molar-refractivity contribution < 1.29 is 19.1 Å². The van der Waals surface area contributed by atoms with Gasteiger partial charge in [0, 0.05) is 59.2 Å². The van der Waals surface area contributed by atoms with Gasteiger partial charge in [0.1, 0.15) is 5.60 Å². The van der Waals surface area contributed by atoms with Gasteiger partial charge in [0.2, 0.25) is 0 Å². The highest BCUT2D eigenvalue weighted by Gasteiger charge is 2.47. The minimum atomic E-state index is -0.681. The van der Waals surface area contributed by atoms with Crippen LogP contribution in [0, 0.1) is 0 Å². The predicted molar refractivity (Wildman–Crippen MR) is 132 cm³/mol. The van der Waals surface area contributed by atoms with Crippen molar-refractivity contribution in [2.75, 3.05) is 26.2 Å². The molecule has 6 rings (SSSR count). The number of fused-ring (bicyclic) bond motifs is 3. The molecule has 0 aliphatic carbocycles. The highest BCUT2D eigenvalue weighted by atomic mass is 35.5. The van der Waals surface area contributed by atoms with Gasteiger partial charge in [0.15, 0.2) is 5.78 Å². The Balaban J connectivity index is 1.46. The fourth-order valence-electron chi connectivity index (χ4n) is 5.75. The first kappa shape index (κ1) is 22.3. The molecular weight excluding hydrogens is 466 g/mol. The Morgan fingerprint density at radius 3 is 2.54 bits per heavy atom. The molecule has 2 saturated heterocycles. The summed E-state index contributed by atoms with van der Waals surface area (Å²) in [5.41, 5.74) is 1.71. The molecule has 4 heterocycles. The highest BCUT2D eigenvalue weighted by molar-refractivity contribution is 6.31. The van der Waals surface area contributed by atoms with Crippen molar-refractivity contribution in [2.45, 2.75) is 37.7 Å². The number of ether oxygens (including phenoxy) is 1. The first-order valence-electron chi connectivity index (χ1n) is 12.2. The van der Waals surface area contributed by atoms with Crippen molar-refractivity contribution in [2.24, 2.45) is 0 Å². The van der Waals surface area contributed by atoms with Crippen LogP contribution in [0.3, 0.4) is 0 Å². The molecule has 2 fully saturated rings. The third-order valence-electron chi connectivity index (χ3n) is 7.55. The lowest BCUT2D eigenvalue weighted by Crippen LogP contribution is -2.39. The predicted octanol–water partition coefficient (Wildman–Crippen LogP) is 4.73. The van der Waals surface area contributed by atoms with Crippen LogP contribution in [0.15, 0.2) is 42.6 Å². The molecule has 1 spiro atoms. The van der Waals surface area contributed by atoms with Crippen LogP contribution in [0.4, 0.5) is 4.79 Å². The average Bonchev–Trinajstić information content (AvgIpc) is 3.39. The summed E-state index contributed by atoms with van der Waals surface area (Å²) in [5.74, 6) is -0.760. The smallest absolute Gasteiger partial charge is 0.340 e. The van der Waals surface area contributed by atoms with E-state index in [1.807, 2.05) is 17.0 Å². The average molecular weight is 492 g/mol. The number of hydrogen-bond donors (Lipinski definition) is 1. The van der Waals surface area contributed by atoms with Crippen molar-refractivity contribution in [3.63, 3.8) is 0 Å². The molecule has 2 aromatic carbocycles. The Morgan fingerprint density at radius 1 is 1.00 bits per heavy atom. The quantitative estimate of drug-likeness (QED) is 0.414. The third-order valence-corrected chi connectivity index (χ3v) is 7.78. The first-order valence-corrected chi connectivity index (χ1v) is 12.6. The van der Waals surface area contributed by atoms with E-state index in [-0.39, 0.29) is 11.8 Å². The lowest BCUT2D eigenvalue weighted by molar-refractivity contribution is -0.0242. The fourth-order valence-corrected chi connectivity index (χ4v) is 5.91. The van der Waals surface area contributed by atoms with Gasteiger partial charge in [-0.1, -0.05) is 35.9 Å². The van der Waals surface area contributed by atoms with Crippen molar-refractivity contribution in [1.29, 1.82) is 0 Å². The van der Waals surface area contributed by atoms with Gasteiger partial charge in [0.05, 0.1) is 11.1 Å². The summed E-state index contributed by atoms with van der Waals surface area (Å²) in [7, 11) is 0. The van der Waals surface area contributed by atoms with Crippen LogP contribution in [-0.2, 0) is 10.3 Å². The summed E-state index contributed by atoms with van der Waals surface area (Å²) in [4.78, 5) is 42.2. The second kappa shape index (κ2) is 8.50. The molecule has 0 radical (unpaired) electrons. The molecule has 0 unspecified atom stereocenters. The number of benzene rings is 2. The van der Waals surface area contributed by atoms with Gasteiger partial charge in [0.25, 0.3) is 0 Å². The maximum absolute atomic E-state index is 13.9. The Kier molecular flexibility index (Phi) is 5.42. The second-order valence-electron chi connectivity index (χ2n) is 9.60. The van der Waals surface area contributed by atoms with Gasteiger partial charge >= 0.3 is 12.0 Å². The number of rotatable bonds is 2. The van der Waals surface area contributed by atoms with Crippen molar-refractivity contribution in [3.05, 3.63) is 69.9 Å². The molecule has 35 heavy (non-hydrogen) atoms. The number of carbonyl (C=O) groups excluding carboxylic acids is 3. The first-order chi connectivity index (χ1) is 17.0. The van der Waals surface area contributed by atoms with Gasteiger partial charge in [-0.25, -0.2) is 9.59 Å². The summed E-state index contributed by atoms with van der Waals surface area (Å²) in [6.45, 7) is 2.88. The molecule has 1 amide bonds. The van der Waals surface area contributed by atoms with E-state index in [0.29, 0.717) is 58.5 Å². The van der Waals surface area contributed by atoms with Gasteiger partial charge in [-0.15, -0.1) is 0 Å². The summed E-state index contributed by atoms with van der Waals surface area (Å²) < 4.78 is 7.42. The monoisotopic (exact) mass is 491 g/mol. The van der Waals surface area contributed by atoms with Crippen LogP contribution in [0.5, 0.6) is 0 Å². The van der Waals surface area contributed by atoms with E-state index in [0.717, 1.165) is 37.9 Å². The van der Waals surface area contributed by atoms with Gasteiger partial charge in [-0.2, -0.15) is 0 Å².